The van der Waals surface area contributed by atoms with Crippen molar-refractivity contribution < 1.29 is 4.42 Å². The van der Waals surface area contributed by atoms with E-state index < -0.39 is 0 Å². The third-order valence-corrected chi connectivity index (χ3v) is 3.21. The minimum absolute atomic E-state index is 0.120. The molecule has 1 aromatic carbocycles. The fourth-order valence-corrected chi connectivity index (χ4v) is 2.17. The fraction of sp³-hybridized carbons (Fsp3) is 0.176. The quantitative estimate of drug-likeness (QED) is 0.678. The van der Waals surface area contributed by atoms with Crippen LogP contribution >= 0.6 is 0 Å². The molecule has 2 aromatic heterocycles. The summed E-state index contributed by atoms with van der Waals surface area (Å²) in [5, 5.41) is 0. The van der Waals surface area contributed by atoms with E-state index in [2.05, 4.69) is 15.9 Å². The third-order valence-electron chi connectivity index (χ3n) is 3.21. The number of aromatic nitrogens is 2. The smallest absolute Gasteiger partial charge is 0.197 e. The first kappa shape index (κ1) is 12.4. The van der Waals surface area contributed by atoms with E-state index in [-0.39, 0.29) is 5.92 Å². The summed E-state index contributed by atoms with van der Waals surface area (Å²) in [4.78, 5) is 8.78. The third kappa shape index (κ3) is 2.41. The number of terminal acetylenes is 1. The molecule has 3 rings (SSSR count). The van der Waals surface area contributed by atoms with Gasteiger partial charge < -0.3 is 4.42 Å². The molecule has 3 heteroatoms. The number of nitrogens with zero attached hydrogens (tertiary/aromatic N) is 2. The summed E-state index contributed by atoms with van der Waals surface area (Å²) in [7, 11) is 0. The van der Waals surface area contributed by atoms with E-state index in [4.69, 9.17) is 10.8 Å². The second-order valence-corrected chi connectivity index (χ2v) is 4.76. The van der Waals surface area contributed by atoms with Crippen molar-refractivity contribution in [2.24, 2.45) is 0 Å². The van der Waals surface area contributed by atoms with Crippen LogP contribution in [0.15, 0.2) is 47.0 Å². The van der Waals surface area contributed by atoms with Gasteiger partial charge in [-0.05, 0) is 36.8 Å². The summed E-state index contributed by atoms with van der Waals surface area (Å²) in [6.07, 6.45) is 7.91. The van der Waals surface area contributed by atoms with Gasteiger partial charge in [-0.2, -0.15) is 0 Å². The minimum atomic E-state index is -0.120. The first-order valence-electron chi connectivity index (χ1n) is 6.49. The monoisotopic (exact) mass is 262 g/mol. The molecular weight excluding hydrogens is 248 g/mol. The van der Waals surface area contributed by atoms with Gasteiger partial charge in [0.05, 0.1) is 11.6 Å². The lowest BCUT2D eigenvalue weighted by Crippen LogP contribution is -2.02. The van der Waals surface area contributed by atoms with Crippen molar-refractivity contribution in [2.45, 2.75) is 19.3 Å². The Kier molecular flexibility index (Phi) is 3.22. The second kappa shape index (κ2) is 5.18. The molecular formula is C17H14N2O. The van der Waals surface area contributed by atoms with Crippen LogP contribution in [0.1, 0.15) is 23.1 Å². The van der Waals surface area contributed by atoms with Crippen LogP contribution in [0.2, 0.25) is 0 Å². The summed E-state index contributed by atoms with van der Waals surface area (Å²) in [5.74, 6) is 3.29. The van der Waals surface area contributed by atoms with Crippen LogP contribution in [0.25, 0.3) is 11.1 Å². The first-order chi connectivity index (χ1) is 9.76. The number of pyridine rings is 1. The molecule has 0 N–H and O–H groups in total. The summed E-state index contributed by atoms with van der Waals surface area (Å²) in [6, 6.07) is 11.7. The molecule has 0 radical (unpaired) electrons. The molecule has 0 saturated heterocycles. The molecule has 1 unspecified atom stereocenters. The zero-order chi connectivity index (χ0) is 13.9. The minimum Gasteiger partial charge on any atom is -0.441 e. The zero-order valence-corrected chi connectivity index (χ0v) is 11.2. The van der Waals surface area contributed by atoms with Crippen LogP contribution in [-0.2, 0) is 6.42 Å². The van der Waals surface area contributed by atoms with Gasteiger partial charge in [0.25, 0.3) is 0 Å². The van der Waals surface area contributed by atoms with Crippen molar-refractivity contribution in [1.29, 1.82) is 0 Å². The molecule has 0 saturated carbocycles. The predicted molar refractivity (Wildman–Crippen MR) is 78.3 cm³/mol. The standard InChI is InChI=1S/C17H14N2O/c1-3-13(14-6-4-5-9-18-14)11-17-19-15-8-7-12(2)10-16(15)20-17/h1,4-10,13H,11H2,2H3. The Morgan fingerprint density at radius 1 is 1.30 bits per heavy atom. The van der Waals surface area contributed by atoms with Crippen molar-refractivity contribution in [3.8, 4) is 12.3 Å². The highest BCUT2D eigenvalue weighted by Crippen LogP contribution is 2.22. The van der Waals surface area contributed by atoms with Crippen LogP contribution in [-0.4, -0.2) is 9.97 Å². The van der Waals surface area contributed by atoms with E-state index >= 15 is 0 Å². The van der Waals surface area contributed by atoms with E-state index in [1.165, 1.54) is 0 Å². The van der Waals surface area contributed by atoms with Gasteiger partial charge in [-0.3, -0.25) is 4.98 Å². The summed E-state index contributed by atoms with van der Waals surface area (Å²) < 4.78 is 5.77. The Hall–Kier alpha value is -2.60. The fourth-order valence-electron chi connectivity index (χ4n) is 2.17. The average Bonchev–Trinajstić information content (AvgIpc) is 2.87. The lowest BCUT2D eigenvalue weighted by atomic mass is 10.0. The number of hydrogen-bond acceptors (Lipinski definition) is 3. The van der Waals surface area contributed by atoms with E-state index in [0.717, 1.165) is 22.4 Å². The van der Waals surface area contributed by atoms with Crippen molar-refractivity contribution in [1.82, 2.24) is 9.97 Å². The number of rotatable bonds is 3. The molecule has 0 aliphatic rings. The number of hydrogen-bond donors (Lipinski definition) is 0. The molecule has 3 nitrogen and oxygen atoms in total. The largest absolute Gasteiger partial charge is 0.441 e. The van der Waals surface area contributed by atoms with E-state index in [9.17, 15) is 0 Å². The number of benzene rings is 1. The predicted octanol–water partition coefficient (Wildman–Crippen LogP) is 3.49. The topological polar surface area (TPSA) is 38.9 Å². The summed E-state index contributed by atoms with van der Waals surface area (Å²) in [5.41, 5.74) is 3.69. The number of aryl methyl sites for hydroxylation is 1. The van der Waals surface area contributed by atoms with Crippen LogP contribution in [0.4, 0.5) is 0 Å². The lowest BCUT2D eigenvalue weighted by molar-refractivity contribution is 0.518. The lowest BCUT2D eigenvalue weighted by Gasteiger charge is -2.06. The van der Waals surface area contributed by atoms with Crippen molar-refractivity contribution >= 4 is 11.1 Å². The molecule has 3 aromatic rings. The number of fused-ring (bicyclic) bond motifs is 1. The Morgan fingerprint density at radius 2 is 2.20 bits per heavy atom. The normalized spacial score (nSPS) is 12.2. The molecule has 1 atom stereocenters. The molecule has 0 aliphatic carbocycles. The van der Waals surface area contributed by atoms with Crippen LogP contribution < -0.4 is 0 Å². The van der Waals surface area contributed by atoms with Gasteiger partial charge in [-0.25, -0.2) is 4.98 Å². The molecule has 20 heavy (non-hydrogen) atoms. The SMILES string of the molecule is C#CC(Cc1nc2ccc(C)cc2o1)c1ccccn1. The molecule has 0 aliphatic heterocycles. The summed E-state index contributed by atoms with van der Waals surface area (Å²) >= 11 is 0. The number of oxazole rings is 1. The maximum absolute atomic E-state index is 5.77. The Bertz CT molecular complexity index is 769. The highest BCUT2D eigenvalue weighted by molar-refractivity contribution is 5.73. The van der Waals surface area contributed by atoms with E-state index in [1.54, 1.807) is 6.20 Å². The highest BCUT2D eigenvalue weighted by Gasteiger charge is 2.15. The van der Waals surface area contributed by atoms with Crippen molar-refractivity contribution in [3.05, 3.63) is 59.7 Å². The van der Waals surface area contributed by atoms with E-state index in [0.29, 0.717) is 12.3 Å². The molecule has 2 heterocycles. The van der Waals surface area contributed by atoms with Gasteiger partial charge in [0, 0.05) is 12.6 Å². The van der Waals surface area contributed by atoms with Crippen molar-refractivity contribution in [3.63, 3.8) is 0 Å². The molecule has 98 valence electrons. The van der Waals surface area contributed by atoms with Crippen LogP contribution in [0.3, 0.4) is 0 Å². The molecule has 0 fully saturated rings. The second-order valence-electron chi connectivity index (χ2n) is 4.76. The zero-order valence-electron chi connectivity index (χ0n) is 11.2. The van der Waals surface area contributed by atoms with Gasteiger partial charge in [0.15, 0.2) is 11.5 Å². The van der Waals surface area contributed by atoms with Crippen LogP contribution in [0, 0.1) is 19.3 Å². The Morgan fingerprint density at radius 3 is 2.95 bits per heavy atom. The average molecular weight is 262 g/mol. The van der Waals surface area contributed by atoms with Gasteiger partial charge in [0.1, 0.15) is 5.52 Å². The van der Waals surface area contributed by atoms with E-state index in [1.807, 2.05) is 43.3 Å². The molecule has 0 spiro atoms. The Balaban J connectivity index is 1.90. The van der Waals surface area contributed by atoms with Crippen molar-refractivity contribution in [2.75, 3.05) is 0 Å². The van der Waals surface area contributed by atoms with Crippen LogP contribution in [0.5, 0.6) is 0 Å². The molecule has 0 bridgehead atoms. The highest BCUT2D eigenvalue weighted by atomic mass is 16.3. The first-order valence-corrected chi connectivity index (χ1v) is 6.49. The van der Waals surface area contributed by atoms with Gasteiger partial charge >= 0.3 is 0 Å². The van der Waals surface area contributed by atoms with Gasteiger partial charge in [-0.1, -0.05) is 18.1 Å². The molecule has 0 amide bonds. The van der Waals surface area contributed by atoms with Gasteiger partial charge in [-0.15, -0.1) is 6.42 Å². The maximum Gasteiger partial charge on any atom is 0.197 e. The summed E-state index contributed by atoms with van der Waals surface area (Å²) in [6.45, 7) is 2.03. The maximum atomic E-state index is 5.77. The Labute approximate surface area is 117 Å². The van der Waals surface area contributed by atoms with Gasteiger partial charge in [0.2, 0.25) is 0 Å².